The molecule has 2 N–H and O–H groups in total. The van der Waals surface area contributed by atoms with Crippen LogP contribution in [0, 0.1) is 0 Å². The van der Waals surface area contributed by atoms with Gasteiger partial charge in [-0.2, -0.15) is 0 Å². The van der Waals surface area contributed by atoms with E-state index in [4.69, 9.17) is 9.47 Å². The molecule has 0 spiro atoms. The molecule has 31 heavy (non-hydrogen) atoms. The zero-order chi connectivity index (χ0) is 22.1. The van der Waals surface area contributed by atoms with E-state index < -0.39 is 0 Å². The molecule has 0 saturated heterocycles. The molecular formula is C24H24N2O4S. The zero-order valence-corrected chi connectivity index (χ0v) is 18.2. The second kappa shape index (κ2) is 11.0. The second-order valence-corrected chi connectivity index (χ2v) is 7.49. The number of ether oxygens (including phenoxy) is 2. The highest BCUT2D eigenvalue weighted by molar-refractivity contribution is 7.10. The highest BCUT2D eigenvalue weighted by atomic mass is 32.1. The molecule has 0 aliphatic rings. The lowest BCUT2D eigenvalue weighted by molar-refractivity contribution is -0.117. The first-order chi connectivity index (χ1) is 15.1. The Morgan fingerprint density at radius 1 is 1.00 bits per heavy atom. The SMILES string of the molecule is CCOc1ccc(CNC(=O)/C(=C/c2cccs2)NC(=O)c2ccc(OC)cc2)cc1. The van der Waals surface area contributed by atoms with Crippen molar-refractivity contribution in [3.8, 4) is 11.5 Å². The van der Waals surface area contributed by atoms with E-state index in [9.17, 15) is 9.59 Å². The smallest absolute Gasteiger partial charge is 0.268 e. The van der Waals surface area contributed by atoms with Gasteiger partial charge in [-0.15, -0.1) is 11.3 Å². The summed E-state index contributed by atoms with van der Waals surface area (Å²) >= 11 is 1.48. The van der Waals surface area contributed by atoms with Gasteiger partial charge in [0.1, 0.15) is 17.2 Å². The second-order valence-electron chi connectivity index (χ2n) is 6.52. The summed E-state index contributed by atoms with van der Waals surface area (Å²) in [6.07, 6.45) is 1.67. The quantitative estimate of drug-likeness (QED) is 0.492. The standard InChI is InChI=1S/C24H24N2O4S/c1-3-30-20-10-6-17(7-11-20)16-25-24(28)22(15-21-5-4-14-31-21)26-23(27)18-8-12-19(29-2)13-9-18/h4-15H,3,16H2,1-2H3,(H,25,28)(H,26,27)/b22-15-. The topological polar surface area (TPSA) is 76.7 Å². The number of carbonyl (C=O) groups excluding carboxylic acids is 2. The molecule has 0 bridgehead atoms. The maximum absolute atomic E-state index is 12.8. The number of methoxy groups -OCH3 is 1. The number of hydrogen-bond acceptors (Lipinski definition) is 5. The Hall–Kier alpha value is -3.58. The number of amides is 2. The van der Waals surface area contributed by atoms with E-state index in [1.807, 2.05) is 48.7 Å². The minimum atomic E-state index is -0.373. The number of nitrogens with one attached hydrogen (secondary N) is 2. The first-order valence-electron chi connectivity index (χ1n) is 9.79. The van der Waals surface area contributed by atoms with Gasteiger partial charge in [-0.3, -0.25) is 9.59 Å². The van der Waals surface area contributed by atoms with Crippen molar-refractivity contribution in [2.45, 2.75) is 13.5 Å². The van der Waals surface area contributed by atoms with Crippen LogP contribution in [0.4, 0.5) is 0 Å². The molecule has 3 rings (SSSR count). The Morgan fingerprint density at radius 3 is 2.32 bits per heavy atom. The molecule has 0 radical (unpaired) electrons. The molecular weight excluding hydrogens is 412 g/mol. The molecule has 160 valence electrons. The maximum Gasteiger partial charge on any atom is 0.268 e. The van der Waals surface area contributed by atoms with Crippen molar-refractivity contribution in [3.05, 3.63) is 87.7 Å². The third kappa shape index (κ3) is 6.45. The Morgan fingerprint density at radius 2 is 1.71 bits per heavy atom. The number of hydrogen-bond donors (Lipinski definition) is 2. The fraction of sp³-hybridized carbons (Fsp3) is 0.167. The van der Waals surface area contributed by atoms with E-state index in [2.05, 4.69) is 10.6 Å². The molecule has 2 amide bonds. The molecule has 0 aliphatic heterocycles. The number of benzene rings is 2. The van der Waals surface area contributed by atoms with Gasteiger partial charge in [-0.05, 0) is 66.4 Å². The molecule has 3 aromatic rings. The van der Waals surface area contributed by atoms with Gasteiger partial charge < -0.3 is 20.1 Å². The van der Waals surface area contributed by atoms with Crippen LogP contribution in [0.5, 0.6) is 11.5 Å². The molecule has 2 aromatic carbocycles. The van der Waals surface area contributed by atoms with Crippen LogP contribution in [0.1, 0.15) is 27.7 Å². The molecule has 1 heterocycles. The van der Waals surface area contributed by atoms with Gasteiger partial charge in [0.05, 0.1) is 13.7 Å². The average Bonchev–Trinajstić information content (AvgIpc) is 3.31. The lowest BCUT2D eigenvalue weighted by Gasteiger charge is -2.12. The average molecular weight is 437 g/mol. The number of thiophene rings is 1. The maximum atomic E-state index is 12.8. The monoisotopic (exact) mass is 436 g/mol. The van der Waals surface area contributed by atoms with Crippen LogP contribution in [0.25, 0.3) is 6.08 Å². The van der Waals surface area contributed by atoms with Crippen LogP contribution >= 0.6 is 11.3 Å². The van der Waals surface area contributed by atoms with Crippen molar-refractivity contribution in [3.63, 3.8) is 0 Å². The van der Waals surface area contributed by atoms with Crippen molar-refractivity contribution in [1.29, 1.82) is 0 Å². The number of carbonyl (C=O) groups is 2. The lowest BCUT2D eigenvalue weighted by Crippen LogP contribution is -2.34. The van der Waals surface area contributed by atoms with Crippen LogP contribution < -0.4 is 20.1 Å². The molecule has 6 nitrogen and oxygen atoms in total. The minimum absolute atomic E-state index is 0.175. The third-order valence-corrected chi connectivity index (χ3v) is 5.18. The van der Waals surface area contributed by atoms with Gasteiger partial charge in [0.25, 0.3) is 11.8 Å². The van der Waals surface area contributed by atoms with Crippen molar-refractivity contribution >= 4 is 29.2 Å². The summed E-state index contributed by atoms with van der Waals surface area (Å²) in [6, 6.07) is 18.0. The van der Waals surface area contributed by atoms with Gasteiger partial charge in [0.15, 0.2) is 0 Å². The third-order valence-electron chi connectivity index (χ3n) is 4.36. The van der Waals surface area contributed by atoms with Gasteiger partial charge in [0.2, 0.25) is 0 Å². The Bertz CT molecular complexity index is 1030. The highest BCUT2D eigenvalue weighted by Crippen LogP contribution is 2.15. The molecule has 1 aromatic heterocycles. The first kappa shape index (κ1) is 22.1. The van der Waals surface area contributed by atoms with Gasteiger partial charge in [0, 0.05) is 17.0 Å². The highest BCUT2D eigenvalue weighted by Gasteiger charge is 2.15. The van der Waals surface area contributed by atoms with E-state index in [0.29, 0.717) is 24.5 Å². The summed E-state index contributed by atoms with van der Waals surface area (Å²) in [7, 11) is 1.56. The van der Waals surface area contributed by atoms with Crippen molar-refractivity contribution < 1.29 is 19.1 Å². The molecule has 0 atom stereocenters. The molecule has 0 saturated carbocycles. The minimum Gasteiger partial charge on any atom is -0.497 e. The van der Waals surface area contributed by atoms with Gasteiger partial charge in [-0.1, -0.05) is 18.2 Å². The van der Waals surface area contributed by atoms with E-state index in [1.54, 1.807) is 37.5 Å². The molecule has 0 fully saturated rings. The predicted octanol–water partition coefficient (Wildman–Crippen LogP) is 4.24. The van der Waals surface area contributed by atoms with Crippen LogP contribution in [-0.4, -0.2) is 25.5 Å². The van der Waals surface area contributed by atoms with Crippen molar-refractivity contribution in [2.75, 3.05) is 13.7 Å². The summed E-state index contributed by atoms with van der Waals surface area (Å²) in [6.45, 7) is 2.85. The van der Waals surface area contributed by atoms with E-state index in [1.165, 1.54) is 11.3 Å². The van der Waals surface area contributed by atoms with Crippen LogP contribution in [-0.2, 0) is 11.3 Å². The Balaban J connectivity index is 1.70. The van der Waals surface area contributed by atoms with Gasteiger partial charge >= 0.3 is 0 Å². The largest absolute Gasteiger partial charge is 0.497 e. The van der Waals surface area contributed by atoms with E-state index in [0.717, 1.165) is 16.2 Å². The van der Waals surface area contributed by atoms with Crippen LogP contribution in [0.15, 0.2) is 71.7 Å². The van der Waals surface area contributed by atoms with Crippen molar-refractivity contribution in [2.24, 2.45) is 0 Å². The van der Waals surface area contributed by atoms with Crippen LogP contribution in [0.3, 0.4) is 0 Å². The molecule has 0 aliphatic carbocycles. The number of rotatable bonds is 9. The van der Waals surface area contributed by atoms with Crippen LogP contribution in [0.2, 0.25) is 0 Å². The van der Waals surface area contributed by atoms with E-state index >= 15 is 0 Å². The zero-order valence-electron chi connectivity index (χ0n) is 17.4. The normalized spacial score (nSPS) is 11.0. The fourth-order valence-corrected chi connectivity index (χ4v) is 3.42. The summed E-state index contributed by atoms with van der Waals surface area (Å²) in [5.41, 5.74) is 1.53. The predicted molar refractivity (Wildman–Crippen MR) is 122 cm³/mol. The summed E-state index contributed by atoms with van der Waals surface area (Å²) in [4.78, 5) is 26.4. The van der Waals surface area contributed by atoms with Gasteiger partial charge in [-0.25, -0.2) is 0 Å². The van der Waals surface area contributed by atoms with Crippen molar-refractivity contribution in [1.82, 2.24) is 10.6 Å². The summed E-state index contributed by atoms with van der Waals surface area (Å²) < 4.78 is 10.6. The molecule has 7 heteroatoms. The Labute approximate surface area is 185 Å². The fourth-order valence-electron chi connectivity index (χ4n) is 2.76. The molecule has 0 unspecified atom stereocenters. The Kier molecular flexibility index (Phi) is 7.84. The van der Waals surface area contributed by atoms with E-state index in [-0.39, 0.29) is 17.5 Å². The summed E-state index contributed by atoms with van der Waals surface area (Å²) in [5, 5.41) is 7.50. The summed E-state index contributed by atoms with van der Waals surface area (Å²) in [5.74, 6) is 0.687. The lowest BCUT2D eigenvalue weighted by atomic mass is 10.2. The first-order valence-corrected chi connectivity index (χ1v) is 10.7.